The zero-order valence-electron chi connectivity index (χ0n) is 18.5. The van der Waals surface area contributed by atoms with E-state index in [4.69, 9.17) is 25.8 Å². The van der Waals surface area contributed by atoms with Gasteiger partial charge in [0, 0.05) is 19.2 Å². The minimum atomic E-state index is -0.303. The molecule has 0 fully saturated rings. The Bertz CT molecular complexity index is 1110. The lowest BCUT2D eigenvalue weighted by molar-refractivity contribution is -0.113. The Morgan fingerprint density at radius 2 is 1.88 bits per heavy atom. The third-order valence-corrected chi connectivity index (χ3v) is 6.03. The van der Waals surface area contributed by atoms with Crippen molar-refractivity contribution < 1.29 is 19.0 Å². The highest BCUT2D eigenvalue weighted by atomic mass is 35.5. The molecule has 0 spiro atoms. The number of methoxy groups -OCH3 is 2. The van der Waals surface area contributed by atoms with Gasteiger partial charge in [-0.05, 0) is 25.5 Å². The van der Waals surface area contributed by atoms with Gasteiger partial charge in [-0.2, -0.15) is 0 Å². The predicted molar refractivity (Wildman–Crippen MR) is 125 cm³/mol. The summed E-state index contributed by atoms with van der Waals surface area (Å²) in [7, 11) is 4.86. The largest absolute Gasteiger partial charge is 0.495 e. The monoisotopic (exact) mass is 476 g/mol. The Morgan fingerprint density at radius 3 is 2.56 bits per heavy atom. The van der Waals surface area contributed by atoms with Crippen molar-refractivity contribution in [3.8, 4) is 17.2 Å². The Morgan fingerprint density at radius 1 is 1.16 bits per heavy atom. The molecule has 10 heteroatoms. The lowest BCUT2D eigenvalue weighted by atomic mass is 10.2. The van der Waals surface area contributed by atoms with Gasteiger partial charge in [-0.1, -0.05) is 41.6 Å². The van der Waals surface area contributed by atoms with Crippen LogP contribution in [0.25, 0.3) is 0 Å². The van der Waals surface area contributed by atoms with Crippen LogP contribution in [-0.2, 0) is 11.8 Å². The molecule has 1 unspecified atom stereocenters. The van der Waals surface area contributed by atoms with Crippen LogP contribution in [0.2, 0.25) is 5.02 Å². The number of para-hydroxylation sites is 1. The van der Waals surface area contributed by atoms with Crippen molar-refractivity contribution in [2.24, 2.45) is 7.05 Å². The number of benzene rings is 2. The van der Waals surface area contributed by atoms with E-state index in [2.05, 4.69) is 15.5 Å². The highest BCUT2D eigenvalue weighted by molar-refractivity contribution is 7.99. The normalized spacial score (nSPS) is 11.7. The standard InChI is InChI=1S/C22H25ClN4O4S/c1-13-8-6-7-9-17(13)31-14(2)21-25-26-22(27(21)3)32-12-20(28)24-16-11-18(29-4)15(23)10-19(16)30-5/h6-11,14H,12H2,1-5H3,(H,24,28). The second-order valence-electron chi connectivity index (χ2n) is 6.95. The fraction of sp³-hybridized carbons (Fsp3) is 0.318. The third kappa shape index (κ3) is 5.46. The first-order chi connectivity index (χ1) is 15.3. The number of amides is 1. The summed E-state index contributed by atoms with van der Waals surface area (Å²) in [5.41, 5.74) is 1.51. The van der Waals surface area contributed by atoms with E-state index < -0.39 is 0 Å². The second-order valence-corrected chi connectivity index (χ2v) is 8.30. The number of hydrogen-bond acceptors (Lipinski definition) is 7. The van der Waals surface area contributed by atoms with Crippen LogP contribution in [0, 0.1) is 6.92 Å². The van der Waals surface area contributed by atoms with E-state index in [1.807, 2.05) is 49.7 Å². The maximum absolute atomic E-state index is 12.5. The van der Waals surface area contributed by atoms with Gasteiger partial charge < -0.3 is 24.1 Å². The number of anilines is 1. The molecule has 3 aromatic rings. The summed E-state index contributed by atoms with van der Waals surface area (Å²) < 4.78 is 18.4. The van der Waals surface area contributed by atoms with Crippen molar-refractivity contribution in [1.29, 1.82) is 0 Å². The van der Waals surface area contributed by atoms with Crippen LogP contribution in [0.1, 0.15) is 24.4 Å². The molecule has 170 valence electrons. The SMILES string of the molecule is COc1cc(NC(=O)CSc2nnc(C(C)Oc3ccccc3C)n2C)c(OC)cc1Cl. The number of nitrogens with one attached hydrogen (secondary N) is 1. The summed E-state index contributed by atoms with van der Waals surface area (Å²) in [6.45, 7) is 3.90. The van der Waals surface area contributed by atoms with E-state index in [1.165, 1.54) is 26.0 Å². The molecule has 1 aromatic heterocycles. The van der Waals surface area contributed by atoms with Crippen LogP contribution in [0.5, 0.6) is 17.2 Å². The molecule has 0 saturated heterocycles. The fourth-order valence-corrected chi connectivity index (χ4v) is 3.96. The maximum atomic E-state index is 12.5. The van der Waals surface area contributed by atoms with E-state index in [0.717, 1.165) is 11.3 Å². The van der Waals surface area contributed by atoms with Crippen molar-refractivity contribution in [2.45, 2.75) is 25.1 Å². The van der Waals surface area contributed by atoms with Crippen LogP contribution in [-0.4, -0.2) is 40.6 Å². The molecule has 32 heavy (non-hydrogen) atoms. The Balaban J connectivity index is 1.64. The number of nitrogens with zero attached hydrogens (tertiary/aromatic N) is 3. The Hall–Kier alpha value is -2.91. The second kappa shape index (κ2) is 10.6. The van der Waals surface area contributed by atoms with Gasteiger partial charge in [-0.3, -0.25) is 4.79 Å². The molecule has 1 N–H and O–H groups in total. The van der Waals surface area contributed by atoms with Crippen LogP contribution >= 0.6 is 23.4 Å². The minimum Gasteiger partial charge on any atom is -0.495 e. The first kappa shape index (κ1) is 23.7. The van der Waals surface area contributed by atoms with E-state index in [1.54, 1.807) is 12.1 Å². The molecule has 0 aliphatic rings. The number of thioether (sulfide) groups is 1. The first-order valence-corrected chi connectivity index (χ1v) is 11.2. The number of carbonyl (C=O) groups excluding carboxylic acids is 1. The number of hydrogen-bond donors (Lipinski definition) is 1. The van der Waals surface area contributed by atoms with Crippen molar-refractivity contribution in [2.75, 3.05) is 25.3 Å². The molecule has 8 nitrogen and oxygen atoms in total. The van der Waals surface area contributed by atoms with Gasteiger partial charge in [0.25, 0.3) is 0 Å². The van der Waals surface area contributed by atoms with Crippen LogP contribution in [0.3, 0.4) is 0 Å². The van der Waals surface area contributed by atoms with E-state index in [9.17, 15) is 4.79 Å². The molecule has 0 radical (unpaired) electrons. The third-order valence-electron chi connectivity index (χ3n) is 4.71. The summed E-state index contributed by atoms with van der Waals surface area (Å²) in [5.74, 6) is 2.25. The fourth-order valence-electron chi connectivity index (χ4n) is 3.01. The molecule has 1 amide bonds. The molecular weight excluding hydrogens is 452 g/mol. The molecule has 1 heterocycles. The molecule has 0 bridgehead atoms. The number of carbonyl (C=O) groups is 1. The van der Waals surface area contributed by atoms with Crippen molar-refractivity contribution in [1.82, 2.24) is 14.8 Å². The molecule has 1 atom stereocenters. The number of rotatable bonds is 9. The van der Waals surface area contributed by atoms with Gasteiger partial charge >= 0.3 is 0 Å². The molecule has 2 aromatic carbocycles. The number of aromatic nitrogens is 3. The van der Waals surface area contributed by atoms with Crippen molar-refractivity contribution in [3.05, 3.63) is 52.8 Å². The molecule has 0 aliphatic carbocycles. The summed E-state index contributed by atoms with van der Waals surface area (Å²) in [5, 5.41) is 12.3. The summed E-state index contributed by atoms with van der Waals surface area (Å²) in [6.07, 6.45) is -0.303. The van der Waals surface area contributed by atoms with Crippen molar-refractivity contribution in [3.63, 3.8) is 0 Å². The predicted octanol–water partition coefficient (Wildman–Crippen LogP) is 4.66. The summed E-state index contributed by atoms with van der Waals surface area (Å²) >= 11 is 7.39. The van der Waals surface area contributed by atoms with Crippen LogP contribution in [0.4, 0.5) is 5.69 Å². The van der Waals surface area contributed by atoms with Crippen LogP contribution < -0.4 is 19.5 Å². The average Bonchev–Trinajstić information content (AvgIpc) is 3.15. The maximum Gasteiger partial charge on any atom is 0.234 e. The van der Waals surface area contributed by atoms with E-state index in [0.29, 0.717) is 33.2 Å². The number of ether oxygens (including phenoxy) is 3. The van der Waals surface area contributed by atoms with Gasteiger partial charge in [0.2, 0.25) is 5.91 Å². The number of aryl methyl sites for hydroxylation is 1. The Kier molecular flexibility index (Phi) is 7.87. The zero-order valence-corrected chi connectivity index (χ0v) is 20.1. The highest BCUT2D eigenvalue weighted by Gasteiger charge is 2.19. The lowest BCUT2D eigenvalue weighted by Crippen LogP contribution is -2.15. The quantitative estimate of drug-likeness (QED) is 0.449. The van der Waals surface area contributed by atoms with Gasteiger partial charge in [0.1, 0.15) is 17.2 Å². The van der Waals surface area contributed by atoms with E-state index >= 15 is 0 Å². The topological polar surface area (TPSA) is 87.5 Å². The Labute approximate surface area is 196 Å². The van der Waals surface area contributed by atoms with Crippen LogP contribution in [0.15, 0.2) is 41.6 Å². The van der Waals surface area contributed by atoms with Gasteiger partial charge in [0.05, 0.1) is 30.7 Å². The van der Waals surface area contributed by atoms with E-state index in [-0.39, 0.29) is 17.8 Å². The molecule has 0 saturated carbocycles. The molecular formula is C22H25ClN4O4S. The van der Waals surface area contributed by atoms with Gasteiger partial charge in [0.15, 0.2) is 17.1 Å². The van der Waals surface area contributed by atoms with Gasteiger partial charge in [-0.25, -0.2) is 0 Å². The average molecular weight is 477 g/mol. The zero-order chi connectivity index (χ0) is 23.3. The van der Waals surface area contributed by atoms with Gasteiger partial charge in [-0.15, -0.1) is 10.2 Å². The smallest absolute Gasteiger partial charge is 0.234 e. The highest BCUT2D eigenvalue weighted by Crippen LogP contribution is 2.36. The lowest BCUT2D eigenvalue weighted by Gasteiger charge is -2.16. The van der Waals surface area contributed by atoms with Crippen molar-refractivity contribution >= 4 is 35.0 Å². The summed E-state index contributed by atoms with van der Waals surface area (Å²) in [4.78, 5) is 12.5. The summed E-state index contributed by atoms with van der Waals surface area (Å²) in [6, 6.07) is 11.0. The molecule has 0 aliphatic heterocycles. The first-order valence-electron chi connectivity index (χ1n) is 9.79. The minimum absolute atomic E-state index is 0.132. The molecule has 3 rings (SSSR count). The number of halogens is 1.